The van der Waals surface area contributed by atoms with Gasteiger partial charge in [0, 0.05) is 17.7 Å². The van der Waals surface area contributed by atoms with Gasteiger partial charge in [-0.05, 0) is 12.1 Å². The van der Waals surface area contributed by atoms with Gasteiger partial charge in [-0.25, -0.2) is 4.79 Å². The molecule has 1 aromatic carbocycles. The van der Waals surface area contributed by atoms with Crippen molar-refractivity contribution in [3.8, 4) is 17.2 Å². The Labute approximate surface area is 100 Å². The Morgan fingerprint density at radius 3 is 2.67 bits per heavy atom. The number of hydrogen-bond acceptors (Lipinski definition) is 4. The minimum Gasteiger partial charge on any atom is -0.478 e. The molecule has 2 rings (SSSR count). The molecule has 0 amide bonds. The van der Waals surface area contributed by atoms with E-state index in [9.17, 15) is 13.6 Å². The topological polar surface area (TPSA) is 65.0 Å². The van der Waals surface area contributed by atoms with Crippen molar-refractivity contribution in [2.24, 2.45) is 0 Å². The molecule has 0 aromatic heterocycles. The summed E-state index contributed by atoms with van der Waals surface area (Å²) < 4.78 is 38.8. The normalized spacial score (nSPS) is 13.3. The number of alkyl halides is 2. The molecule has 1 N–H and O–H groups in total. The summed E-state index contributed by atoms with van der Waals surface area (Å²) >= 11 is 0. The van der Waals surface area contributed by atoms with E-state index < -0.39 is 12.6 Å². The van der Waals surface area contributed by atoms with Gasteiger partial charge in [0.05, 0.1) is 0 Å². The molecule has 1 heterocycles. The number of aliphatic carboxylic acids is 1. The number of benzene rings is 1. The number of carboxylic acid groups (broad SMARTS) is 1. The number of halogens is 2. The fourth-order valence-electron chi connectivity index (χ4n) is 1.43. The first-order valence-corrected chi connectivity index (χ1v) is 4.85. The standard InChI is InChI=1S/C11H8F2O5/c12-11(13)18-7-4-9-8(16-5-17-9)3-6(7)1-2-10(14)15/h1-4,11H,5H2,(H,14,15). The third-order valence-electron chi connectivity index (χ3n) is 2.13. The lowest BCUT2D eigenvalue weighted by atomic mass is 10.1. The van der Waals surface area contributed by atoms with Crippen molar-refractivity contribution < 1.29 is 32.9 Å². The van der Waals surface area contributed by atoms with E-state index in [1.807, 2.05) is 0 Å². The predicted molar refractivity (Wildman–Crippen MR) is 55.9 cm³/mol. The van der Waals surface area contributed by atoms with Crippen molar-refractivity contribution in [2.45, 2.75) is 6.61 Å². The Kier molecular flexibility index (Phi) is 3.31. The molecular formula is C11H8F2O5. The van der Waals surface area contributed by atoms with Gasteiger partial charge in [-0.1, -0.05) is 0 Å². The summed E-state index contributed by atoms with van der Waals surface area (Å²) in [5.74, 6) is -0.748. The average Bonchev–Trinajstić information content (AvgIpc) is 2.71. The van der Waals surface area contributed by atoms with Crippen LogP contribution in [-0.4, -0.2) is 24.5 Å². The van der Waals surface area contributed by atoms with Crippen LogP contribution in [0.4, 0.5) is 8.78 Å². The molecule has 1 aromatic rings. The maximum atomic E-state index is 12.2. The van der Waals surface area contributed by atoms with Crippen molar-refractivity contribution in [1.82, 2.24) is 0 Å². The summed E-state index contributed by atoms with van der Waals surface area (Å²) in [7, 11) is 0. The van der Waals surface area contributed by atoms with Gasteiger partial charge in [-0.15, -0.1) is 0 Å². The van der Waals surface area contributed by atoms with E-state index >= 15 is 0 Å². The number of ether oxygens (including phenoxy) is 3. The number of hydrogen-bond donors (Lipinski definition) is 1. The molecule has 1 aliphatic heterocycles. The minimum atomic E-state index is -3.01. The van der Waals surface area contributed by atoms with Gasteiger partial charge in [-0.3, -0.25) is 0 Å². The van der Waals surface area contributed by atoms with Crippen molar-refractivity contribution in [2.75, 3.05) is 6.79 Å². The number of carboxylic acids is 1. The van der Waals surface area contributed by atoms with Gasteiger partial charge < -0.3 is 19.3 Å². The van der Waals surface area contributed by atoms with Crippen LogP contribution in [0.3, 0.4) is 0 Å². The van der Waals surface area contributed by atoms with Gasteiger partial charge in [0.1, 0.15) is 5.75 Å². The zero-order valence-electron chi connectivity index (χ0n) is 8.93. The Bertz CT molecular complexity index is 498. The van der Waals surface area contributed by atoms with Crippen LogP contribution in [-0.2, 0) is 4.79 Å². The summed E-state index contributed by atoms with van der Waals surface area (Å²) in [5.41, 5.74) is 0.168. The van der Waals surface area contributed by atoms with Crippen molar-refractivity contribution in [3.63, 3.8) is 0 Å². The highest BCUT2D eigenvalue weighted by Crippen LogP contribution is 2.39. The Balaban J connectivity index is 2.38. The fourth-order valence-corrected chi connectivity index (χ4v) is 1.43. The van der Waals surface area contributed by atoms with E-state index in [4.69, 9.17) is 14.6 Å². The first-order valence-electron chi connectivity index (χ1n) is 4.85. The lowest BCUT2D eigenvalue weighted by Crippen LogP contribution is -2.03. The van der Waals surface area contributed by atoms with Gasteiger partial charge in [-0.2, -0.15) is 8.78 Å². The summed E-state index contributed by atoms with van der Waals surface area (Å²) in [6, 6.07) is 2.61. The lowest BCUT2D eigenvalue weighted by molar-refractivity contribution is -0.131. The van der Waals surface area contributed by atoms with Crippen LogP contribution in [0, 0.1) is 0 Å². The van der Waals surface area contributed by atoms with E-state index in [0.717, 1.165) is 12.2 Å². The lowest BCUT2D eigenvalue weighted by Gasteiger charge is -2.09. The van der Waals surface area contributed by atoms with Crippen LogP contribution < -0.4 is 14.2 Å². The smallest absolute Gasteiger partial charge is 0.387 e. The van der Waals surface area contributed by atoms with E-state index in [0.29, 0.717) is 5.75 Å². The first kappa shape index (κ1) is 12.2. The molecule has 0 saturated carbocycles. The van der Waals surface area contributed by atoms with E-state index in [-0.39, 0.29) is 23.9 Å². The molecule has 7 heteroatoms. The molecule has 1 aliphatic rings. The van der Waals surface area contributed by atoms with E-state index in [2.05, 4.69) is 4.74 Å². The van der Waals surface area contributed by atoms with Crippen molar-refractivity contribution in [1.29, 1.82) is 0 Å². The van der Waals surface area contributed by atoms with E-state index in [1.54, 1.807) is 0 Å². The molecule has 0 unspecified atom stereocenters. The number of fused-ring (bicyclic) bond motifs is 1. The van der Waals surface area contributed by atoms with Crippen LogP contribution in [0.2, 0.25) is 0 Å². The van der Waals surface area contributed by atoms with Crippen LogP contribution in [0.15, 0.2) is 18.2 Å². The van der Waals surface area contributed by atoms with Crippen LogP contribution in [0.1, 0.15) is 5.56 Å². The summed E-state index contributed by atoms with van der Waals surface area (Å²) in [5, 5.41) is 8.51. The number of rotatable bonds is 4. The van der Waals surface area contributed by atoms with Crippen LogP contribution in [0.5, 0.6) is 17.2 Å². The van der Waals surface area contributed by atoms with Gasteiger partial charge in [0.2, 0.25) is 6.79 Å². The molecule has 0 bridgehead atoms. The Hall–Kier alpha value is -2.31. The van der Waals surface area contributed by atoms with Gasteiger partial charge in [0.15, 0.2) is 11.5 Å². The highest BCUT2D eigenvalue weighted by molar-refractivity contribution is 5.86. The fraction of sp³-hybridized carbons (Fsp3) is 0.182. The second-order valence-corrected chi connectivity index (χ2v) is 3.29. The van der Waals surface area contributed by atoms with Gasteiger partial charge in [0.25, 0.3) is 0 Å². The third-order valence-corrected chi connectivity index (χ3v) is 2.13. The van der Waals surface area contributed by atoms with Crippen LogP contribution >= 0.6 is 0 Å². The monoisotopic (exact) mass is 258 g/mol. The highest BCUT2D eigenvalue weighted by Gasteiger charge is 2.19. The number of carbonyl (C=O) groups is 1. The molecule has 0 aliphatic carbocycles. The predicted octanol–water partition coefficient (Wildman–Crippen LogP) is 2.11. The third kappa shape index (κ3) is 2.68. The van der Waals surface area contributed by atoms with Crippen LogP contribution in [0.25, 0.3) is 6.08 Å². The first-order chi connectivity index (χ1) is 8.56. The summed E-state index contributed by atoms with van der Waals surface area (Å²) in [4.78, 5) is 10.4. The quantitative estimate of drug-likeness (QED) is 0.838. The van der Waals surface area contributed by atoms with E-state index in [1.165, 1.54) is 12.1 Å². The van der Waals surface area contributed by atoms with Crippen molar-refractivity contribution >= 4 is 12.0 Å². The Morgan fingerprint density at radius 1 is 1.39 bits per heavy atom. The largest absolute Gasteiger partial charge is 0.478 e. The van der Waals surface area contributed by atoms with Crippen molar-refractivity contribution in [3.05, 3.63) is 23.8 Å². The summed E-state index contributed by atoms with van der Waals surface area (Å²) in [6.07, 6.45) is 1.96. The SMILES string of the molecule is O=C(O)C=Cc1cc2c(cc1OC(F)F)OCO2. The molecule has 0 radical (unpaired) electrons. The molecule has 0 atom stereocenters. The molecule has 5 nitrogen and oxygen atoms in total. The molecule has 0 spiro atoms. The highest BCUT2D eigenvalue weighted by atomic mass is 19.3. The maximum Gasteiger partial charge on any atom is 0.387 e. The minimum absolute atomic E-state index is 0.0183. The second-order valence-electron chi connectivity index (χ2n) is 3.29. The second kappa shape index (κ2) is 4.91. The maximum absolute atomic E-state index is 12.2. The zero-order chi connectivity index (χ0) is 13.1. The molecule has 18 heavy (non-hydrogen) atoms. The van der Waals surface area contributed by atoms with Gasteiger partial charge >= 0.3 is 12.6 Å². The molecule has 0 fully saturated rings. The Morgan fingerprint density at radius 2 is 2.06 bits per heavy atom. The molecule has 0 saturated heterocycles. The summed E-state index contributed by atoms with van der Waals surface area (Å²) in [6.45, 7) is -3.03. The molecule has 96 valence electrons. The average molecular weight is 258 g/mol. The molecular weight excluding hydrogens is 250 g/mol. The zero-order valence-corrected chi connectivity index (χ0v) is 8.93.